The Morgan fingerprint density at radius 3 is 2.39 bits per heavy atom. The van der Waals surface area contributed by atoms with Gasteiger partial charge in [-0.3, -0.25) is 4.79 Å². The third kappa shape index (κ3) is 5.74. The van der Waals surface area contributed by atoms with Crippen molar-refractivity contribution in [1.29, 1.82) is 0 Å². The molecule has 1 aromatic carbocycles. The second-order valence-corrected chi connectivity index (χ2v) is 3.20. The highest BCUT2D eigenvalue weighted by atomic mass is 16.5. The summed E-state index contributed by atoms with van der Waals surface area (Å²) in [6, 6.07) is 4.81. The average Bonchev–Trinajstić information content (AvgIpc) is 2.28. The Hall–Kier alpha value is -2.24. The highest BCUT2D eigenvalue weighted by Crippen LogP contribution is 2.22. The number of carbonyl (C=O) groups is 2. The highest BCUT2D eigenvalue weighted by molar-refractivity contribution is 5.93. The molecule has 0 unspecified atom stereocenters. The van der Waals surface area contributed by atoms with E-state index in [1.165, 1.54) is 7.11 Å². The quantitative estimate of drug-likeness (QED) is 0.628. The third-order valence-corrected chi connectivity index (χ3v) is 1.72. The molecule has 0 atom stereocenters. The Morgan fingerprint density at radius 1 is 1.39 bits per heavy atom. The lowest BCUT2D eigenvalue weighted by atomic mass is 10.2. The number of hydrogen-bond donors (Lipinski definition) is 2. The summed E-state index contributed by atoms with van der Waals surface area (Å²) in [5.74, 6) is -0.798. The molecule has 6 heteroatoms. The number of carboxylic acids is 1. The molecule has 0 spiro atoms. The molecule has 0 aliphatic heterocycles. The number of methoxy groups -OCH3 is 1. The zero-order chi connectivity index (χ0) is 14.1. The van der Waals surface area contributed by atoms with Gasteiger partial charge in [0.05, 0.1) is 13.7 Å². The molecule has 0 fully saturated rings. The number of esters is 1. The van der Waals surface area contributed by atoms with Gasteiger partial charge < -0.3 is 20.3 Å². The fourth-order valence-corrected chi connectivity index (χ4v) is 1.09. The summed E-state index contributed by atoms with van der Waals surface area (Å²) in [7, 11) is 1.48. The summed E-state index contributed by atoms with van der Waals surface area (Å²) in [5, 5.41) is 7.42. The van der Waals surface area contributed by atoms with E-state index >= 15 is 0 Å². The third-order valence-electron chi connectivity index (χ3n) is 1.72. The molecule has 0 amide bonds. The molecule has 0 saturated carbocycles. The first-order valence-electron chi connectivity index (χ1n) is 5.22. The maximum atomic E-state index is 11.4. The van der Waals surface area contributed by atoms with Crippen LogP contribution in [0.5, 0.6) is 5.75 Å². The molecule has 0 aliphatic carbocycles. The van der Waals surface area contributed by atoms with Crippen LogP contribution < -0.4 is 10.5 Å². The van der Waals surface area contributed by atoms with Gasteiger partial charge in [0.2, 0.25) is 0 Å². The van der Waals surface area contributed by atoms with Crippen LogP contribution in [0.3, 0.4) is 0 Å². The molecule has 1 aromatic rings. The fourth-order valence-electron chi connectivity index (χ4n) is 1.09. The molecular weight excluding hydrogens is 238 g/mol. The largest absolute Gasteiger partial charge is 0.496 e. The second-order valence-electron chi connectivity index (χ2n) is 3.20. The van der Waals surface area contributed by atoms with Crippen molar-refractivity contribution in [2.24, 2.45) is 0 Å². The Labute approximate surface area is 105 Å². The van der Waals surface area contributed by atoms with Gasteiger partial charge in [0.1, 0.15) is 11.3 Å². The molecular formula is C12H17NO5. The lowest BCUT2D eigenvalue weighted by molar-refractivity contribution is -0.134. The van der Waals surface area contributed by atoms with Crippen molar-refractivity contribution in [1.82, 2.24) is 0 Å². The summed E-state index contributed by atoms with van der Waals surface area (Å²) in [6.07, 6.45) is 0. The summed E-state index contributed by atoms with van der Waals surface area (Å²) >= 11 is 0. The van der Waals surface area contributed by atoms with E-state index in [0.29, 0.717) is 23.6 Å². The van der Waals surface area contributed by atoms with Gasteiger partial charge in [-0.2, -0.15) is 0 Å². The lowest BCUT2D eigenvalue weighted by Gasteiger charge is -2.07. The molecule has 18 heavy (non-hydrogen) atoms. The van der Waals surface area contributed by atoms with Crippen molar-refractivity contribution in [3.05, 3.63) is 23.8 Å². The van der Waals surface area contributed by atoms with Crippen molar-refractivity contribution in [2.45, 2.75) is 13.8 Å². The van der Waals surface area contributed by atoms with Crippen molar-refractivity contribution in [2.75, 3.05) is 19.5 Å². The van der Waals surface area contributed by atoms with Crippen LogP contribution in [-0.2, 0) is 9.53 Å². The van der Waals surface area contributed by atoms with Gasteiger partial charge in [-0.05, 0) is 19.1 Å². The van der Waals surface area contributed by atoms with Crippen molar-refractivity contribution in [3.8, 4) is 5.75 Å². The van der Waals surface area contributed by atoms with Crippen LogP contribution in [-0.4, -0.2) is 30.8 Å². The van der Waals surface area contributed by atoms with Crippen molar-refractivity contribution < 1.29 is 24.2 Å². The van der Waals surface area contributed by atoms with Gasteiger partial charge in [-0.25, -0.2) is 4.79 Å². The van der Waals surface area contributed by atoms with Gasteiger partial charge >= 0.3 is 5.97 Å². The van der Waals surface area contributed by atoms with Crippen LogP contribution in [0.1, 0.15) is 24.2 Å². The Kier molecular flexibility index (Phi) is 6.95. The van der Waals surface area contributed by atoms with Gasteiger partial charge in [-0.15, -0.1) is 0 Å². The molecule has 0 saturated heterocycles. The minimum atomic E-state index is -0.833. The van der Waals surface area contributed by atoms with E-state index in [1.807, 2.05) is 0 Å². The minimum absolute atomic E-state index is 0.340. The number of carboxylic acid groups (broad SMARTS) is 1. The van der Waals surface area contributed by atoms with Gasteiger partial charge in [-0.1, -0.05) is 0 Å². The number of anilines is 1. The lowest BCUT2D eigenvalue weighted by Crippen LogP contribution is -2.07. The maximum absolute atomic E-state index is 11.4. The monoisotopic (exact) mass is 255 g/mol. The van der Waals surface area contributed by atoms with E-state index in [9.17, 15) is 4.79 Å². The zero-order valence-corrected chi connectivity index (χ0v) is 10.6. The number of ether oxygens (including phenoxy) is 2. The first-order valence-corrected chi connectivity index (χ1v) is 5.22. The predicted octanol–water partition coefficient (Wildman–Crippen LogP) is 1.54. The normalized spacial score (nSPS) is 8.83. The topological polar surface area (TPSA) is 98.9 Å². The van der Waals surface area contributed by atoms with Gasteiger partial charge in [0.25, 0.3) is 5.97 Å². The standard InChI is InChI=1S/C10H13NO3.C2H4O2/c1-3-14-10(12)8-5-4-7(11)6-9(8)13-2;1-2(3)4/h4-6H,3,11H2,1-2H3;1H3,(H,3,4). The van der Waals surface area contributed by atoms with Crippen molar-refractivity contribution in [3.63, 3.8) is 0 Å². The number of nitrogen functional groups attached to an aromatic ring is 1. The smallest absolute Gasteiger partial charge is 0.341 e. The van der Waals surface area contributed by atoms with Crippen LogP contribution in [0, 0.1) is 0 Å². The second kappa shape index (κ2) is 7.94. The van der Waals surface area contributed by atoms with Gasteiger partial charge in [0.15, 0.2) is 0 Å². The predicted molar refractivity (Wildman–Crippen MR) is 66.7 cm³/mol. The fraction of sp³-hybridized carbons (Fsp3) is 0.333. The molecule has 0 aliphatic rings. The Balaban J connectivity index is 0.000000631. The van der Waals surface area contributed by atoms with E-state index < -0.39 is 11.9 Å². The van der Waals surface area contributed by atoms with Crippen LogP contribution in [0.2, 0.25) is 0 Å². The number of carbonyl (C=O) groups excluding carboxylic acids is 1. The van der Waals surface area contributed by atoms with Crippen LogP contribution in [0.15, 0.2) is 18.2 Å². The first-order chi connectivity index (χ1) is 8.42. The summed E-state index contributed by atoms with van der Waals surface area (Å²) in [6.45, 7) is 3.17. The van der Waals surface area contributed by atoms with E-state index in [2.05, 4.69) is 0 Å². The highest BCUT2D eigenvalue weighted by Gasteiger charge is 2.12. The molecule has 0 radical (unpaired) electrons. The first kappa shape index (κ1) is 15.8. The van der Waals surface area contributed by atoms with Gasteiger partial charge in [0, 0.05) is 18.7 Å². The van der Waals surface area contributed by atoms with Crippen LogP contribution in [0.25, 0.3) is 0 Å². The van der Waals surface area contributed by atoms with E-state index in [-0.39, 0.29) is 0 Å². The molecule has 100 valence electrons. The Bertz CT molecular complexity index is 413. The molecule has 0 bridgehead atoms. The van der Waals surface area contributed by atoms with Crippen LogP contribution in [0.4, 0.5) is 5.69 Å². The SMILES string of the molecule is CC(=O)O.CCOC(=O)c1ccc(N)cc1OC. The molecule has 0 heterocycles. The van der Waals surface area contributed by atoms with E-state index in [0.717, 1.165) is 6.92 Å². The van der Waals surface area contributed by atoms with E-state index in [4.69, 9.17) is 25.1 Å². The number of hydrogen-bond acceptors (Lipinski definition) is 5. The maximum Gasteiger partial charge on any atom is 0.341 e. The summed E-state index contributed by atoms with van der Waals surface area (Å²) < 4.78 is 9.86. The average molecular weight is 255 g/mol. The number of rotatable bonds is 3. The summed E-state index contributed by atoms with van der Waals surface area (Å²) in [5.41, 5.74) is 6.49. The Morgan fingerprint density at radius 2 is 1.94 bits per heavy atom. The number of aliphatic carboxylic acids is 1. The molecule has 3 N–H and O–H groups in total. The number of nitrogens with two attached hydrogens (primary N) is 1. The summed E-state index contributed by atoms with van der Waals surface area (Å²) in [4.78, 5) is 20.4. The van der Waals surface area contributed by atoms with Crippen LogP contribution >= 0.6 is 0 Å². The van der Waals surface area contributed by atoms with Crippen molar-refractivity contribution >= 4 is 17.6 Å². The zero-order valence-electron chi connectivity index (χ0n) is 10.6. The molecule has 6 nitrogen and oxygen atoms in total. The molecule has 0 aromatic heterocycles. The molecule has 1 rings (SSSR count). The number of benzene rings is 1. The minimum Gasteiger partial charge on any atom is -0.496 e. The van der Waals surface area contributed by atoms with E-state index in [1.54, 1.807) is 25.1 Å².